The lowest BCUT2D eigenvalue weighted by atomic mass is 10.1. The molecule has 0 aliphatic carbocycles. The highest BCUT2D eigenvalue weighted by molar-refractivity contribution is 7.09. The molecule has 2 heterocycles. The third kappa shape index (κ3) is 2.51. The largest absolute Gasteiger partial charge is 0.330 e. The van der Waals surface area contributed by atoms with Crippen molar-refractivity contribution in [3.8, 4) is 0 Å². The van der Waals surface area contributed by atoms with Crippen LogP contribution in [0.2, 0.25) is 0 Å². The second-order valence-corrected chi connectivity index (χ2v) is 4.91. The number of piperidine rings is 1. The molecule has 1 aliphatic rings. The molecule has 0 unspecified atom stereocenters. The fourth-order valence-corrected chi connectivity index (χ4v) is 2.59. The summed E-state index contributed by atoms with van der Waals surface area (Å²) in [6.45, 7) is 5.91. The molecule has 72 valence electrons. The van der Waals surface area contributed by atoms with Crippen LogP contribution >= 0.6 is 11.3 Å². The predicted molar refractivity (Wildman–Crippen MR) is 55.1 cm³/mol. The first kappa shape index (κ1) is 9.16. The Kier molecular flexibility index (Phi) is 2.96. The summed E-state index contributed by atoms with van der Waals surface area (Å²) >= 11 is 1.77. The van der Waals surface area contributed by atoms with E-state index in [1.807, 2.05) is 0 Å². The molecule has 0 atom stereocenters. The van der Waals surface area contributed by atoms with Gasteiger partial charge in [-0.25, -0.2) is 4.98 Å². The Labute approximate surface area is 83.6 Å². The van der Waals surface area contributed by atoms with Crippen LogP contribution in [-0.2, 0) is 6.54 Å². The fourth-order valence-electron chi connectivity index (χ4n) is 1.97. The summed E-state index contributed by atoms with van der Waals surface area (Å²) in [4.78, 5) is 6.22. The van der Waals surface area contributed by atoms with Crippen molar-refractivity contribution in [2.24, 2.45) is 0 Å². The number of likely N-dealkylation sites (tertiary alicyclic amines) is 1. The molecule has 0 amide bonds. The van der Waals surface area contributed by atoms with Crippen molar-refractivity contribution in [3.05, 3.63) is 16.1 Å². The molecule has 0 saturated carbocycles. The van der Waals surface area contributed by atoms with Crippen LogP contribution in [0.5, 0.6) is 0 Å². The van der Waals surface area contributed by atoms with Gasteiger partial charge in [-0.2, -0.15) is 0 Å². The number of hydrogen-bond acceptors (Lipinski definition) is 2. The number of hydrogen-bond donors (Lipinski definition) is 1. The van der Waals surface area contributed by atoms with Crippen molar-refractivity contribution >= 4 is 11.3 Å². The van der Waals surface area contributed by atoms with E-state index in [0.717, 1.165) is 6.54 Å². The molecule has 1 aromatic heterocycles. The molecule has 1 saturated heterocycles. The Morgan fingerprint density at radius 1 is 1.38 bits per heavy atom. The van der Waals surface area contributed by atoms with E-state index < -0.39 is 0 Å². The number of thiazole rings is 1. The molecule has 0 aromatic carbocycles. The van der Waals surface area contributed by atoms with Crippen LogP contribution in [0.4, 0.5) is 0 Å². The second-order valence-electron chi connectivity index (χ2n) is 3.85. The number of quaternary nitrogens is 1. The zero-order valence-electron chi connectivity index (χ0n) is 8.18. The topological polar surface area (TPSA) is 17.3 Å². The van der Waals surface area contributed by atoms with Gasteiger partial charge in [0.1, 0.15) is 12.2 Å². The summed E-state index contributed by atoms with van der Waals surface area (Å²) in [5, 5.41) is 3.41. The van der Waals surface area contributed by atoms with Gasteiger partial charge in [-0.3, -0.25) is 0 Å². The van der Waals surface area contributed by atoms with E-state index in [4.69, 9.17) is 0 Å². The van der Waals surface area contributed by atoms with E-state index in [0.29, 0.717) is 0 Å². The minimum atomic E-state index is 1.14. The molecule has 0 radical (unpaired) electrons. The van der Waals surface area contributed by atoms with Crippen LogP contribution in [0.1, 0.15) is 30.0 Å². The number of aryl methyl sites for hydroxylation is 1. The summed E-state index contributed by atoms with van der Waals surface area (Å²) in [7, 11) is 0. The molecular weight excluding hydrogens is 180 g/mol. The minimum Gasteiger partial charge on any atom is -0.330 e. The number of nitrogens with zero attached hydrogens (tertiary/aromatic N) is 1. The summed E-state index contributed by atoms with van der Waals surface area (Å²) in [6.07, 6.45) is 4.23. The maximum atomic E-state index is 4.50. The zero-order valence-corrected chi connectivity index (χ0v) is 8.99. The number of nitrogens with one attached hydrogen (secondary N) is 1. The van der Waals surface area contributed by atoms with Crippen LogP contribution < -0.4 is 4.90 Å². The Morgan fingerprint density at radius 2 is 2.15 bits per heavy atom. The third-order valence-electron chi connectivity index (χ3n) is 2.66. The second kappa shape index (κ2) is 4.20. The SMILES string of the molecule is Cc1nc(C[NH+]2CCCCC2)cs1. The first-order valence-electron chi connectivity index (χ1n) is 5.09. The summed E-state index contributed by atoms with van der Waals surface area (Å²) < 4.78 is 0. The van der Waals surface area contributed by atoms with Gasteiger partial charge < -0.3 is 4.90 Å². The number of aromatic nitrogens is 1. The van der Waals surface area contributed by atoms with Crippen LogP contribution in [0.25, 0.3) is 0 Å². The molecule has 2 nitrogen and oxygen atoms in total. The van der Waals surface area contributed by atoms with Crippen LogP contribution in [0.3, 0.4) is 0 Å². The minimum absolute atomic E-state index is 1.14. The lowest BCUT2D eigenvalue weighted by molar-refractivity contribution is -0.918. The van der Waals surface area contributed by atoms with Gasteiger partial charge in [0.2, 0.25) is 0 Å². The molecule has 1 N–H and O–H groups in total. The van der Waals surface area contributed by atoms with Gasteiger partial charge in [0.15, 0.2) is 0 Å². The monoisotopic (exact) mass is 197 g/mol. The average Bonchev–Trinajstić information content (AvgIpc) is 2.53. The van der Waals surface area contributed by atoms with Crippen molar-refractivity contribution < 1.29 is 4.90 Å². The summed E-state index contributed by atoms with van der Waals surface area (Å²) in [6, 6.07) is 0. The highest BCUT2D eigenvalue weighted by Gasteiger charge is 2.14. The van der Waals surface area contributed by atoms with Gasteiger partial charge in [0.25, 0.3) is 0 Å². The Hall–Kier alpha value is -0.410. The van der Waals surface area contributed by atoms with Crippen molar-refractivity contribution in [1.29, 1.82) is 0 Å². The maximum absolute atomic E-state index is 4.50. The first-order valence-corrected chi connectivity index (χ1v) is 5.97. The van der Waals surface area contributed by atoms with E-state index in [1.165, 1.54) is 43.1 Å². The molecule has 1 aliphatic heterocycles. The van der Waals surface area contributed by atoms with E-state index in [2.05, 4.69) is 17.3 Å². The average molecular weight is 197 g/mol. The van der Waals surface area contributed by atoms with E-state index in [9.17, 15) is 0 Å². The highest BCUT2D eigenvalue weighted by atomic mass is 32.1. The van der Waals surface area contributed by atoms with Crippen LogP contribution in [0, 0.1) is 6.92 Å². The fraction of sp³-hybridized carbons (Fsp3) is 0.700. The quantitative estimate of drug-likeness (QED) is 0.749. The molecule has 3 heteroatoms. The van der Waals surface area contributed by atoms with Gasteiger partial charge in [-0.05, 0) is 26.2 Å². The lowest BCUT2D eigenvalue weighted by Gasteiger charge is -2.22. The molecule has 2 rings (SSSR count). The van der Waals surface area contributed by atoms with Crippen LogP contribution in [0.15, 0.2) is 5.38 Å². The van der Waals surface area contributed by atoms with Gasteiger partial charge in [-0.15, -0.1) is 11.3 Å². The summed E-state index contributed by atoms with van der Waals surface area (Å²) in [5.41, 5.74) is 1.29. The van der Waals surface area contributed by atoms with E-state index in [1.54, 1.807) is 16.2 Å². The van der Waals surface area contributed by atoms with Gasteiger partial charge >= 0.3 is 0 Å². The standard InChI is InChI=1S/C10H16N2S/c1-9-11-10(8-13-9)7-12-5-3-2-4-6-12/h8H,2-7H2,1H3/p+1. The third-order valence-corrected chi connectivity index (χ3v) is 3.48. The van der Waals surface area contributed by atoms with Gasteiger partial charge in [0.05, 0.1) is 18.1 Å². The molecule has 13 heavy (non-hydrogen) atoms. The van der Waals surface area contributed by atoms with E-state index in [-0.39, 0.29) is 0 Å². The Morgan fingerprint density at radius 3 is 2.77 bits per heavy atom. The van der Waals surface area contributed by atoms with Crippen LogP contribution in [-0.4, -0.2) is 18.1 Å². The van der Waals surface area contributed by atoms with E-state index >= 15 is 0 Å². The van der Waals surface area contributed by atoms with Crippen molar-refractivity contribution in [2.75, 3.05) is 13.1 Å². The first-order chi connectivity index (χ1) is 6.34. The van der Waals surface area contributed by atoms with Crippen molar-refractivity contribution in [2.45, 2.75) is 32.7 Å². The predicted octanol–water partition coefficient (Wildman–Crippen LogP) is 1.02. The smallest absolute Gasteiger partial charge is 0.121 e. The molecule has 1 fully saturated rings. The highest BCUT2D eigenvalue weighted by Crippen LogP contribution is 2.06. The van der Waals surface area contributed by atoms with Crippen molar-refractivity contribution in [1.82, 2.24) is 4.98 Å². The maximum Gasteiger partial charge on any atom is 0.121 e. The van der Waals surface area contributed by atoms with Gasteiger partial charge in [0, 0.05) is 5.38 Å². The molecule has 0 bridgehead atoms. The lowest BCUT2D eigenvalue weighted by Crippen LogP contribution is -3.11. The molecule has 0 spiro atoms. The molecular formula is C10H17N2S+. The zero-order chi connectivity index (χ0) is 9.10. The molecule has 1 aromatic rings. The Balaban J connectivity index is 1.89. The summed E-state index contributed by atoms with van der Waals surface area (Å²) in [5.74, 6) is 0. The van der Waals surface area contributed by atoms with Crippen molar-refractivity contribution in [3.63, 3.8) is 0 Å². The number of rotatable bonds is 2. The van der Waals surface area contributed by atoms with Gasteiger partial charge in [-0.1, -0.05) is 0 Å². The normalized spacial score (nSPS) is 19.2. The Bertz CT molecular complexity index is 264.